The lowest BCUT2D eigenvalue weighted by Crippen LogP contribution is -2.42. The smallest absolute Gasteiger partial charge is 0.410 e. The van der Waals surface area contributed by atoms with Crippen LogP contribution in [0.3, 0.4) is 0 Å². The number of nitrogens with one attached hydrogen (secondary N) is 1. The van der Waals surface area contributed by atoms with Gasteiger partial charge < -0.3 is 24.4 Å². The number of ether oxygens (including phenoxy) is 3. The number of nitrogens with zero attached hydrogens (tertiary/aromatic N) is 2. The van der Waals surface area contributed by atoms with Crippen molar-refractivity contribution in [3.05, 3.63) is 48.0 Å². The van der Waals surface area contributed by atoms with Gasteiger partial charge in [0, 0.05) is 19.2 Å². The molecule has 1 aliphatic heterocycles. The minimum absolute atomic E-state index is 0.0272. The lowest BCUT2D eigenvalue weighted by atomic mass is 10.1. The van der Waals surface area contributed by atoms with Gasteiger partial charge in [-0.3, -0.25) is 0 Å². The number of hydrogen-bond acceptors (Lipinski definition) is 6. The quantitative estimate of drug-likeness (QED) is 0.690. The molecule has 0 unspecified atom stereocenters. The predicted octanol–water partition coefficient (Wildman–Crippen LogP) is 5.17. The number of benzene rings is 2. The third-order valence-corrected chi connectivity index (χ3v) is 4.93. The lowest BCUT2D eigenvalue weighted by Gasteiger charge is -2.29. The van der Waals surface area contributed by atoms with E-state index in [9.17, 15) is 10.1 Å². The minimum atomic E-state index is -0.524. The number of carbonyl (C=O) groups is 1. The number of hydrogen-bond donors (Lipinski definition) is 1. The highest BCUT2D eigenvalue weighted by Crippen LogP contribution is 2.32. The molecule has 1 fully saturated rings. The first-order chi connectivity index (χ1) is 14.8. The molecule has 0 aliphatic carbocycles. The van der Waals surface area contributed by atoms with Crippen molar-refractivity contribution in [1.29, 1.82) is 5.26 Å². The van der Waals surface area contributed by atoms with Gasteiger partial charge in [-0.25, -0.2) is 4.79 Å². The van der Waals surface area contributed by atoms with Gasteiger partial charge in [0.25, 0.3) is 0 Å². The Labute approximate surface area is 183 Å². The second-order valence-corrected chi connectivity index (χ2v) is 8.45. The Morgan fingerprint density at radius 3 is 2.55 bits per heavy atom. The highest BCUT2D eigenvalue weighted by molar-refractivity contribution is 5.69. The van der Waals surface area contributed by atoms with Crippen LogP contribution in [0, 0.1) is 11.3 Å². The number of likely N-dealkylation sites (tertiary alicyclic amines) is 1. The van der Waals surface area contributed by atoms with Gasteiger partial charge in [-0.15, -0.1) is 0 Å². The van der Waals surface area contributed by atoms with Crippen LogP contribution >= 0.6 is 0 Å². The van der Waals surface area contributed by atoms with Crippen LogP contribution in [-0.4, -0.2) is 42.8 Å². The van der Waals surface area contributed by atoms with Crippen LogP contribution in [-0.2, 0) is 4.74 Å². The highest BCUT2D eigenvalue weighted by Gasteiger charge is 2.32. The molecular formula is C24H29N3O4. The summed E-state index contributed by atoms with van der Waals surface area (Å²) in [6.45, 7) is 6.85. The van der Waals surface area contributed by atoms with Gasteiger partial charge in [0.2, 0.25) is 0 Å². The maximum atomic E-state index is 12.5. The van der Waals surface area contributed by atoms with E-state index < -0.39 is 5.60 Å². The van der Waals surface area contributed by atoms with Crippen LogP contribution < -0.4 is 14.8 Å². The fourth-order valence-electron chi connectivity index (χ4n) is 3.43. The maximum Gasteiger partial charge on any atom is 0.410 e. The van der Waals surface area contributed by atoms with Crippen molar-refractivity contribution in [3.8, 4) is 23.3 Å². The molecular weight excluding hydrogens is 394 g/mol. The molecule has 1 saturated heterocycles. The number of nitriles is 1. The van der Waals surface area contributed by atoms with Crippen molar-refractivity contribution >= 4 is 11.8 Å². The number of rotatable bonds is 6. The zero-order valence-corrected chi connectivity index (χ0v) is 18.5. The van der Waals surface area contributed by atoms with Crippen LogP contribution in [0.5, 0.6) is 17.2 Å². The SMILES string of the molecule is COc1ccc(Oc2cc(C#N)ccc2NC[C@@H]2CCCN2C(=O)OC(C)(C)C)cc1. The van der Waals surface area contributed by atoms with E-state index in [1.807, 2.05) is 51.1 Å². The summed E-state index contributed by atoms with van der Waals surface area (Å²) in [6.07, 6.45) is 1.55. The summed E-state index contributed by atoms with van der Waals surface area (Å²) < 4.78 is 16.8. The van der Waals surface area contributed by atoms with Crippen molar-refractivity contribution in [2.75, 3.05) is 25.5 Å². The molecule has 0 spiro atoms. The first kappa shape index (κ1) is 22.3. The fraction of sp³-hybridized carbons (Fsp3) is 0.417. The van der Waals surface area contributed by atoms with E-state index in [1.54, 1.807) is 24.1 Å². The number of carbonyl (C=O) groups excluding carboxylic acids is 1. The average molecular weight is 424 g/mol. The molecule has 0 saturated carbocycles. The van der Waals surface area contributed by atoms with Crippen molar-refractivity contribution < 1.29 is 19.0 Å². The molecule has 7 nitrogen and oxygen atoms in total. The van der Waals surface area contributed by atoms with Gasteiger partial charge >= 0.3 is 6.09 Å². The molecule has 1 heterocycles. The van der Waals surface area contributed by atoms with E-state index in [1.165, 1.54) is 0 Å². The van der Waals surface area contributed by atoms with E-state index in [2.05, 4.69) is 11.4 Å². The molecule has 1 aliphatic rings. The first-order valence-electron chi connectivity index (χ1n) is 10.4. The van der Waals surface area contributed by atoms with Crippen molar-refractivity contribution in [1.82, 2.24) is 4.90 Å². The Morgan fingerprint density at radius 1 is 1.19 bits per heavy atom. The van der Waals surface area contributed by atoms with Gasteiger partial charge in [-0.1, -0.05) is 0 Å². The molecule has 0 bridgehead atoms. The van der Waals surface area contributed by atoms with E-state index in [0.29, 0.717) is 30.2 Å². The van der Waals surface area contributed by atoms with E-state index in [0.717, 1.165) is 24.3 Å². The highest BCUT2D eigenvalue weighted by atomic mass is 16.6. The molecule has 2 aromatic carbocycles. The van der Waals surface area contributed by atoms with Crippen LogP contribution in [0.15, 0.2) is 42.5 Å². The van der Waals surface area contributed by atoms with E-state index in [-0.39, 0.29) is 12.1 Å². The van der Waals surface area contributed by atoms with Gasteiger partial charge in [0.05, 0.1) is 30.5 Å². The van der Waals surface area contributed by atoms with Gasteiger partial charge in [0.1, 0.15) is 17.1 Å². The van der Waals surface area contributed by atoms with Gasteiger partial charge in [-0.2, -0.15) is 5.26 Å². The summed E-state index contributed by atoms with van der Waals surface area (Å²) >= 11 is 0. The van der Waals surface area contributed by atoms with Crippen molar-refractivity contribution in [3.63, 3.8) is 0 Å². The monoisotopic (exact) mass is 423 g/mol. The summed E-state index contributed by atoms with van der Waals surface area (Å²) in [7, 11) is 1.61. The van der Waals surface area contributed by atoms with Gasteiger partial charge in [-0.05, 0) is 70.0 Å². The topological polar surface area (TPSA) is 83.8 Å². The molecule has 1 atom stereocenters. The molecule has 31 heavy (non-hydrogen) atoms. The predicted molar refractivity (Wildman–Crippen MR) is 119 cm³/mol. The lowest BCUT2D eigenvalue weighted by molar-refractivity contribution is 0.0235. The fourth-order valence-corrected chi connectivity index (χ4v) is 3.43. The third-order valence-electron chi connectivity index (χ3n) is 4.93. The first-order valence-corrected chi connectivity index (χ1v) is 10.4. The van der Waals surface area contributed by atoms with Crippen molar-refractivity contribution in [2.45, 2.75) is 45.3 Å². The van der Waals surface area contributed by atoms with Crippen LogP contribution in [0.2, 0.25) is 0 Å². The Kier molecular flexibility index (Phi) is 6.91. The molecule has 164 valence electrons. The standard InChI is InChI=1S/C24H29N3O4/c1-24(2,3)31-23(28)27-13-5-6-18(27)16-26-21-12-7-17(15-25)14-22(21)30-20-10-8-19(29-4)9-11-20/h7-12,14,18,26H,5-6,13,16H2,1-4H3/t18-/m0/s1. The Morgan fingerprint density at radius 2 is 1.90 bits per heavy atom. The molecule has 3 rings (SSSR count). The average Bonchev–Trinajstić information content (AvgIpc) is 3.21. The number of anilines is 1. The number of methoxy groups -OCH3 is 1. The minimum Gasteiger partial charge on any atom is -0.497 e. The zero-order valence-electron chi connectivity index (χ0n) is 18.5. The largest absolute Gasteiger partial charge is 0.497 e. The summed E-state index contributed by atoms with van der Waals surface area (Å²) in [5, 5.41) is 12.7. The summed E-state index contributed by atoms with van der Waals surface area (Å²) in [5.74, 6) is 1.92. The molecule has 0 radical (unpaired) electrons. The molecule has 0 aromatic heterocycles. The third kappa shape index (κ3) is 6.05. The molecule has 1 N–H and O–H groups in total. The zero-order chi connectivity index (χ0) is 22.4. The van der Waals surface area contributed by atoms with Crippen LogP contribution in [0.4, 0.5) is 10.5 Å². The molecule has 1 amide bonds. The number of amides is 1. The summed E-state index contributed by atoms with van der Waals surface area (Å²) in [6, 6.07) is 14.7. The Bertz CT molecular complexity index is 945. The van der Waals surface area contributed by atoms with Crippen LogP contribution in [0.1, 0.15) is 39.2 Å². The normalized spacial score (nSPS) is 15.8. The van der Waals surface area contributed by atoms with E-state index in [4.69, 9.17) is 14.2 Å². The Hall–Kier alpha value is -3.40. The second kappa shape index (κ2) is 9.61. The van der Waals surface area contributed by atoms with Crippen molar-refractivity contribution in [2.24, 2.45) is 0 Å². The van der Waals surface area contributed by atoms with E-state index >= 15 is 0 Å². The molecule has 7 heteroatoms. The summed E-state index contributed by atoms with van der Waals surface area (Å²) in [5.41, 5.74) is 0.737. The second-order valence-electron chi connectivity index (χ2n) is 8.45. The van der Waals surface area contributed by atoms with Crippen LogP contribution in [0.25, 0.3) is 0 Å². The maximum absolute atomic E-state index is 12.5. The molecule has 2 aromatic rings. The Balaban J connectivity index is 1.72. The summed E-state index contributed by atoms with van der Waals surface area (Å²) in [4.78, 5) is 14.3. The van der Waals surface area contributed by atoms with Gasteiger partial charge in [0.15, 0.2) is 5.75 Å².